The first kappa shape index (κ1) is 16.8. The van der Waals surface area contributed by atoms with Gasteiger partial charge in [-0.3, -0.25) is 14.3 Å². The molecule has 0 saturated carbocycles. The number of amides is 1. The van der Waals surface area contributed by atoms with Crippen LogP contribution in [0.2, 0.25) is 0 Å². The van der Waals surface area contributed by atoms with Crippen molar-refractivity contribution in [2.24, 2.45) is 7.05 Å². The minimum atomic E-state index is -0.233. The van der Waals surface area contributed by atoms with Crippen LogP contribution < -0.4 is 10.9 Å². The average Bonchev–Trinajstić information content (AvgIpc) is 2.81. The molecule has 1 aromatic heterocycles. The van der Waals surface area contributed by atoms with Gasteiger partial charge in [-0.05, 0) is 31.5 Å². The molecule has 0 radical (unpaired) electrons. The number of rotatable bonds is 4. The lowest BCUT2D eigenvalue weighted by molar-refractivity contribution is -0.115. The second kappa shape index (κ2) is 6.81. The molecule has 2 aromatic carbocycles. The van der Waals surface area contributed by atoms with E-state index >= 15 is 0 Å². The molecule has 3 rings (SSSR count). The van der Waals surface area contributed by atoms with Crippen LogP contribution in [0.1, 0.15) is 16.8 Å². The van der Waals surface area contributed by atoms with E-state index < -0.39 is 0 Å². The van der Waals surface area contributed by atoms with Crippen molar-refractivity contribution >= 4 is 11.6 Å². The van der Waals surface area contributed by atoms with E-state index in [1.807, 2.05) is 68.4 Å². The van der Waals surface area contributed by atoms with Crippen LogP contribution in [0.15, 0.2) is 59.4 Å². The first-order valence-electron chi connectivity index (χ1n) is 8.17. The second-order valence-electron chi connectivity index (χ2n) is 6.15. The second-order valence-corrected chi connectivity index (χ2v) is 6.15. The van der Waals surface area contributed by atoms with Crippen LogP contribution >= 0.6 is 0 Å². The first-order valence-corrected chi connectivity index (χ1v) is 8.17. The standard InChI is InChI=1S/C20H21N3O2/c1-14-9-11-16(12-10-14)13-18(24)21-19-15(2)22(3)23(20(19)25)17-7-5-4-6-8-17/h4-12H,13H2,1-3H3,(H,21,24). The fourth-order valence-corrected chi connectivity index (χ4v) is 2.79. The van der Waals surface area contributed by atoms with Crippen LogP contribution in [-0.2, 0) is 18.3 Å². The topological polar surface area (TPSA) is 56.0 Å². The third-order valence-corrected chi connectivity index (χ3v) is 4.30. The van der Waals surface area contributed by atoms with E-state index in [9.17, 15) is 9.59 Å². The van der Waals surface area contributed by atoms with Gasteiger partial charge < -0.3 is 5.32 Å². The molecule has 0 unspecified atom stereocenters. The molecule has 0 atom stereocenters. The Labute approximate surface area is 146 Å². The zero-order valence-corrected chi connectivity index (χ0v) is 14.6. The highest BCUT2D eigenvalue weighted by Gasteiger charge is 2.18. The Balaban J connectivity index is 1.87. The number of benzene rings is 2. The number of hydrogen-bond donors (Lipinski definition) is 1. The summed E-state index contributed by atoms with van der Waals surface area (Å²) in [5.74, 6) is -0.199. The summed E-state index contributed by atoms with van der Waals surface area (Å²) in [4.78, 5) is 25.1. The van der Waals surface area contributed by atoms with E-state index in [0.29, 0.717) is 11.4 Å². The lowest BCUT2D eigenvalue weighted by atomic mass is 10.1. The van der Waals surface area contributed by atoms with Gasteiger partial charge in [-0.25, -0.2) is 4.68 Å². The normalized spacial score (nSPS) is 10.7. The highest BCUT2D eigenvalue weighted by molar-refractivity contribution is 5.92. The highest BCUT2D eigenvalue weighted by Crippen LogP contribution is 2.14. The third kappa shape index (κ3) is 3.40. The molecule has 0 bridgehead atoms. The maximum absolute atomic E-state index is 12.8. The van der Waals surface area contributed by atoms with Gasteiger partial charge in [0.2, 0.25) is 5.91 Å². The molecule has 25 heavy (non-hydrogen) atoms. The number of carbonyl (C=O) groups is 1. The van der Waals surface area contributed by atoms with Gasteiger partial charge in [0.05, 0.1) is 17.8 Å². The Morgan fingerprint density at radius 3 is 2.28 bits per heavy atom. The smallest absolute Gasteiger partial charge is 0.295 e. The zero-order chi connectivity index (χ0) is 18.0. The van der Waals surface area contributed by atoms with Crippen molar-refractivity contribution in [2.45, 2.75) is 20.3 Å². The van der Waals surface area contributed by atoms with E-state index in [0.717, 1.165) is 16.8 Å². The number of nitrogens with zero attached hydrogens (tertiary/aromatic N) is 2. The van der Waals surface area contributed by atoms with Crippen molar-refractivity contribution in [1.29, 1.82) is 0 Å². The predicted octanol–water partition coefficient (Wildman–Crippen LogP) is 2.97. The number of carbonyl (C=O) groups excluding carboxylic acids is 1. The van der Waals surface area contributed by atoms with Crippen molar-refractivity contribution in [1.82, 2.24) is 9.36 Å². The Morgan fingerprint density at radius 2 is 1.64 bits per heavy atom. The zero-order valence-electron chi connectivity index (χ0n) is 14.6. The van der Waals surface area contributed by atoms with Crippen LogP contribution in [0.4, 0.5) is 5.69 Å². The first-order chi connectivity index (χ1) is 12.0. The summed E-state index contributed by atoms with van der Waals surface area (Å²) >= 11 is 0. The number of anilines is 1. The molecule has 5 heteroatoms. The monoisotopic (exact) mass is 335 g/mol. The molecule has 1 heterocycles. The van der Waals surface area contributed by atoms with Gasteiger partial charge in [-0.2, -0.15) is 0 Å². The lowest BCUT2D eigenvalue weighted by Crippen LogP contribution is -2.23. The minimum Gasteiger partial charge on any atom is -0.320 e. The van der Waals surface area contributed by atoms with E-state index in [-0.39, 0.29) is 17.9 Å². The molecule has 0 aliphatic rings. The van der Waals surface area contributed by atoms with Crippen LogP contribution in [-0.4, -0.2) is 15.3 Å². The summed E-state index contributed by atoms with van der Waals surface area (Å²) in [6, 6.07) is 17.2. The molecule has 1 amide bonds. The van der Waals surface area contributed by atoms with E-state index in [4.69, 9.17) is 0 Å². The number of nitrogens with one attached hydrogen (secondary N) is 1. The van der Waals surface area contributed by atoms with Crippen LogP contribution in [0.5, 0.6) is 0 Å². The average molecular weight is 335 g/mol. The molecule has 0 fully saturated rings. The molecule has 0 spiro atoms. The summed E-state index contributed by atoms with van der Waals surface area (Å²) in [7, 11) is 1.80. The van der Waals surface area contributed by atoms with Gasteiger partial charge in [0.1, 0.15) is 5.69 Å². The molecular weight excluding hydrogens is 314 g/mol. The van der Waals surface area contributed by atoms with Crippen molar-refractivity contribution in [3.05, 3.63) is 81.8 Å². The van der Waals surface area contributed by atoms with Gasteiger partial charge in [0, 0.05) is 7.05 Å². The van der Waals surface area contributed by atoms with Gasteiger partial charge in [0.25, 0.3) is 5.56 Å². The quantitative estimate of drug-likeness (QED) is 0.797. The molecule has 1 N–H and O–H groups in total. The van der Waals surface area contributed by atoms with Crippen molar-refractivity contribution in [3.8, 4) is 5.69 Å². The molecule has 5 nitrogen and oxygen atoms in total. The van der Waals surface area contributed by atoms with Gasteiger partial charge in [-0.1, -0.05) is 48.0 Å². The van der Waals surface area contributed by atoms with Crippen molar-refractivity contribution < 1.29 is 4.79 Å². The van der Waals surface area contributed by atoms with Crippen LogP contribution in [0.3, 0.4) is 0 Å². The van der Waals surface area contributed by atoms with Crippen LogP contribution in [0, 0.1) is 13.8 Å². The Bertz CT molecular complexity index is 951. The largest absolute Gasteiger partial charge is 0.320 e. The molecule has 128 valence electrons. The summed E-state index contributed by atoms with van der Waals surface area (Å²) in [6.07, 6.45) is 0.236. The van der Waals surface area contributed by atoms with Crippen molar-refractivity contribution in [2.75, 3.05) is 5.32 Å². The molecule has 3 aromatic rings. The number of para-hydroxylation sites is 1. The fourth-order valence-electron chi connectivity index (χ4n) is 2.79. The maximum atomic E-state index is 12.8. The Morgan fingerprint density at radius 1 is 1.00 bits per heavy atom. The number of aromatic nitrogens is 2. The number of hydrogen-bond acceptors (Lipinski definition) is 2. The highest BCUT2D eigenvalue weighted by atomic mass is 16.2. The van der Waals surface area contributed by atoms with Gasteiger partial charge in [0.15, 0.2) is 0 Å². The summed E-state index contributed by atoms with van der Waals surface area (Å²) < 4.78 is 3.30. The fraction of sp³-hybridized carbons (Fsp3) is 0.200. The van der Waals surface area contributed by atoms with E-state index in [1.54, 1.807) is 16.4 Å². The molecule has 0 saturated heterocycles. The summed E-state index contributed by atoms with van der Waals surface area (Å²) in [5.41, 5.74) is 3.63. The predicted molar refractivity (Wildman–Crippen MR) is 99.3 cm³/mol. The molecule has 0 aliphatic heterocycles. The minimum absolute atomic E-state index is 0.199. The SMILES string of the molecule is Cc1ccc(CC(=O)Nc2c(C)n(C)n(-c3ccccc3)c2=O)cc1. The van der Waals surface area contributed by atoms with Gasteiger partial charge in [-0.15, -0.1) is 0 Å². The third-order valence-electron chi connectivity index (χ3n) is 4.30. The summed E-state index contributed by atoms with van der Waals surface area (Å²) in [5, 5.41) is 2.78. The molecular formula is C20H21N3O2. The maximum Gasteiger partial charge on any atom is 0.295 e. The number of aryl methyl sites for hydroxylation is 1. The van der Waals surface area contributed by atoms with Crippen LogP contribution in [0.25, 0.3) is 5.69 Å². The van der Waals surface area contributed by atoms with E-state index in [2.05, 4.69) is 5.32 Å². The summed E-state index contributed by atoms with van der Waals surface area (Å²) in [6.45, 7) is 3.82. The van der Waals surface area contributed by atoms with Crippen molar-refractivity contribution in [3.63, 3.8) is 0 Å². The Kier molecular flexibility index (Phi) is 4.57. The lowest BCUT2D eigenvalue weighted by Gasteiger charge is -2.07. The molecule has 0 aliphatic carbocycles. The van der Waals surface area contributed by atoms with E-state index in [1.165, 1.54) is 0 Å². The Hall–Kier alpha value is -3.08. The van der Waals surface area contributed by atoms with Gasteiger partial charge >= 0.3 is 0 Å².